The van der Waals surface area contributed by atoms with Crippen LogP contribution in [0.4, 0.5) is 5.69 Å². The van der Waals surface area contributed by atoms with E-state index in [1.165, 1.54) is 0 Å². The lowest BCUT2D eigenvalue weighted by Gasteiger charge is -2.22. The highest BCUT2D eigenvalue weighted by atomic mass is 35.5. The number of anilines is 1. The van der Waals surface area contributed by atoms with Crippen LogP contribution in [0.15, 0.2) is 48.5 Å². The third kappa shape index (κ3) is 6.66. The normalized spacial score (nSPS) is 13.9. The summed E-state index contributed by atoms with van der Waals surface area (Å²) >= 11 is 0. The number of benzene rings is 2. The summed E-state index contributed by atoms with van der Waals surface area (Å²) < 4.78 is 5.16. The molecule has 1 aliphatic rings. The molecule has 0 radical (unpaired) electrons. The van der Waals surface area contributed by atoms with Crippen LogP contribution in [0.2, 0.25) is 0 Å². The Bertz CT molecular complexity index is 825. The number of hydrogen-bond donors (Lipinski definition) is 1. The number of methoxy groups -OCH3 is 1. The van der Waals surface area contributed by atoms with E-state index in [2.05, 4.69) is 0 Å². The van der Waals surface area contributed by atoms with Crippen molar-refractivity contribution in [2.45, 2.75) is 25.7 Å². The lowest BCUT2D eigenvalue weighted by Crippen LogP contribution is -2.38. The minimum atomic E-state index is 0. The Morgan fingerprint density at radius 3 is 2.03 bits per heavy atom. The number of carbonyl (C=O) groups excluding carboxylic acids is 2. The highest BCUT2D eigenvalue weighted by Crippen LogP contribution is 2.14. The molecule has 7 heteroatoms. The fraction of sp³-hybridized carbons (Fsp3) is 0.391. The van der Waals surface area contributed by atoms with Gasteiger partial charge in [0.25, 0.3) is 0 Å². The van der Waals surface area contributed by atoms with E-state index < -0.39 is 0 Å². The van der Waals surface area contributed by atoms with Crippen molar-refractivity contribution in [2.75, 3.05) is 39.0 Å². The summed E-state index contributed by atoms with van der Waals surface area (Å²) in [5.74, 6) is 1.06. The van der Waals surface area contributed by atoms with Gasteiger partial charge >= 0.3 is 0 Å². The number of amides is 2. The van der Waals surface area contributed by atoms with E-state index in [0.29, 0.717) is 51.1 Å². The number of hydrogen-bond acceptors (Lipinski definition) is 4. The fourth-order valence-corrected chi connectivity index (χ4v) is 3.54. The minimum Gasteiger partial charge on any atom is -0.497 e. The van der Waals surface area contributed by atoms with Gasteiger partial charge in [0.2, 0.25) is 11.8 Å². The average molecular weight is 432 g/mol. The van der Waals surface area contributed by atoms with Crippen molar-refractivity contribution in [2.24, 2.45) is 0 Å². The monoisotopic (exact) mass is 431 g/mol. The van der Waals surface area contributed by atoms with Crippen LogP contribution in [-0.2, 0) is 22.4 Å². The van der Waals surface area contributed by atoms with Crippen molar-refractivity contribution in [1.82, 2.24) is 9.80 Å². The third-order valence-corrected chi connectivity index (χ3v) is 5.32. The molecule has 6 nitrogen and oxygen atoms in total. The molecule has 2 amide bonds. The summed E-state index contributed by atoms with van der Waals surface area (Å²) in [7, 11) is 1.64. The van der Waals surface area contributed by atoms with Gasteiger partial charge in [0.1, 0.15) is 5.75 Å². The van der Waals surface area contributed by atoms with Gasteiger partial charge in [-0.1, -0.05) is 24.3 Å². The Morgan fingerprint density at radius 1 is 0.867 bits per heavy atom. The van der Waals surface area contributed by atoms with E-state index in [0.717, 1.165) is 23.3 Å². The van der Waals surface area contributed by atoms with Crippen molar-refractivity contribution < 1.29 is 14.3 Å². The van der Waals surface area contributed by atoms with Crippen molar-refractivity contribution in [3.8, 4) is 5.75 Å². The van der Waals surface area contributed by atoms with Crippen LogP contribution in [-0.4, -0.2) is 54.9 Å². The lowest BCUT2D eigenvalue weighted by molar-refractivity contribution is -0.133. The van der Waals surface area contributed by atoms with Gasteiger partial charge in [-0.2, -0.15) is 0 Å². The molecule has 0 bridgehead atoms. The van der Waals surface area contributed by atoms with Gasteiger partial charge < -0.3 is 20.3 Å². The van der Waals surface area contributed by atoms with Gasteiger partial charge in [-0.25, -0.2) is 0 Å². The van der Waals surface area contributed by atoms with Crippen LogP contribution in [0.1, 0.15) is 24.0 Å². The largest absolute Gasteiger partial charge is 0.497 e. The number of aryl methyl sites for hydroxylation is 1. The fourth-order valence-electron chi connectivity index (χ4n) is 3.54. The molecule has 1 saturated heterocycles. The molecule has 1 heterocycles. The number of nitrogens with zero attached hydrogens (tertiary/aromatic N) is 2. The van der Waals surface area contributed by atoms with Gasteiger partial charge in [-0.05, 0) is 48.2 Å². The summed E-state index contributed by atoms with van der Waals surface area (Å²) in [5, 5.41) is 0. The molecule has 0 saturated carbocycles. The molecule has 0 aliphatic carbocycles. The Labute approximate surface area is 184 Å². The second-order valence-electron chi connectivity index (χ2n) is 7.38. The molecule has 2 aromatic rings. The van der Waals surface area contributed by atoms with Gasteiger partial charge in [-0.15, -0.1) is 12.4 Å². The zero-order valence-corrected chi connectivity index (χ0v) is 18.2. The minimum absolute atomic E-state index is 0. The molecule has 0 aromatic heterocycles. The summed E-state index contributed by atoms with van der Waals surface area (Å²) in [6, 6.07) is 15.2. The van der Waals surface area contributed by atoms with Gasteiger partial charge in [0.15, 0.2) is 0 Å². The quantitative estimate of drug-likeness (QED) is 0.713. The van der Waals surface area contributed by atoms with E-state index in [9.17, 15) is 9.59 Å². The number of nitrogen functional groups attached to an aromatic ring is 1. The second kappa shape index (κ2) is 11.5. The van der Waals surface area contributed by atoms with E-state index in [-0.39, 0.29) is 24.2 Å². The summed E-state index contributed by atoms with van der Waals surface area (Å²) in [4.78, 5) is 29.0. The maximum atomic E-state index is 12.6. The molecule has 0 spiro atoms. The van der Waals surface area contributed by atoms with Crippen LogP contribution in [0.25, 0.3) is 0 Å². The average Bonchev–Trinajstić information content (AvgIpc) is 3.00. The Hall–Kier alpha value is -2.73. The maximum absolute atomic E-state index is 12.6. The highest BCUT2D eigenvalue weighted by Gasteiger charge is 2.22. The van der Waals surface area contributed by atoms with E-state index in [1.54, 1.807) is 7.11 Å². The Morgan fingerprint density at radius 2 is 1.43 bits per heavy atom. The molecule has 2 aromatic carbocycles. The summed E-state index contributed by atoms with van der Waals surface area (Å²) in [6.45, 7) is 2.57. The van der Waals surface area contributed by atoms with E-state index in [4.69, 9.17) is 10.5 Å². The lowest BCUT2D eigenvalue weighted by atomic mass is 10.1. The Kier molecular flexibility index (Phi) is 8.99. The molecule has 2 N–H and O–H groups in total. The zero-order chi connectivity index (χ0) is 20.6. The van der Waals surface area contributed by atoms with Crippen LogP contribution >= 0.6 is 12.4 Å². The maximum Gasteiger partial charge on any atom is 0.227 e. The van der Waals surface area contributed by atoms with Gasteiger partial charge in [-0.3, -0.25) is 9.59 Å². The topological polar surface area (TPSA) is 75.9 Å². The predicted molar refractivity (Wildman–Crippen MR) is 121 cm³/mol. The third-order valence-electron chi connectivity index (χ3n) is 5.32. The highest BCUT2D eigenvalue weighted by molar-refractivity contribution is 5.85. The second-order valence-corrected chi connectivity index (χ2v) is 7.38. The standard InChI is InChI=1S/C23H29N3O3.ClH/c1-29-21-10-5-18(6-11-21)7-12-22(27)25-13-2-14-26(16-15-25)23(28)17-19-3-8-20(24)9-4-19;/h3-6,8-11H,2,7,12-17,24H2,1H3;1H. The number of ether oxygens (including phenoxy) is 1. The molecule has 1 fully saturated rings. The number of halogens is 1. The van der Waals surface area contributed by atoms with Crippen LogP contribution < -0.4 is 10.5 Å². The molecular formula is C23H30ClN3O3. The van der Waals surface area contributed by atoms with Gasteiger partial charge in [0, 0.05) is 38.3 Å². The van der Waals surface area contributed by atoms with Crippen LogP contribution in [0, 0.1) is 0 Å². The molecule has 30 heavy (non-hydrogen) atoms. The molecule has 0 unspecified atom stereocenters. The van der Waals surface area contributed by atoms with E-state index in [1.807, 2.05) is 58.3 Å². The molecule has 162 valence electrons. The number of rotatable bonds is 6. The summed E-state index contributed by atoms with van der Waals surface area (Å²) in [6.07, 6.45) is 2.36. The SMILES string of the molecule is COc1ccc(CCC(=O)N2CCCN(C(=O)Cc3ccc(N)cc3)CC2)cc1.Cl. The zero-order valence-electron chi connectivity index (χ0n) is 17.4. The Balaban J connectivity index is 0.00000320. The molecule has 0 atom stereocenters. The number of carbonyl (C=O) groups is 2. The van der Waals surface area contributed by atoms with E-state index >= 15 is 0 Å². The molecular weight excluding hydrogens is 402 g/mol. The van der Waals surface area contributed by atoms with Crippen LogP contribution in [0.3, 0.4) is 0 Å². The van der Waals surface area contributed by atoms with Crippen molar-refractivity contribution >= 4 is 29.9 Å². The number of nitrogens with two attached hydrogens (primary N) is 1. The van der Waals surface area contributed by atoms with Crippen molar-refractivity contribution in [3.63, 3.8) is 0 Å². The molecule has 1 aliphatic heterocycles. The van der Waals surface area contributed by atoms with Gasteiger partial charge in [0.05, 0.1) is 13.5 Å². The smallest absolute Gasteiger partial charge is 0.227 e. The van der Waals surface area contributed by atoms with Crippen molar-refractivity contribution in [1.29, 1.82) is 0 Å². The first-order valence-electron chi connectivity index (χ1n) is 10.1. The predicted octanol–water partition coefficient (Wildman–Crippen LogP) is 2.94. The van der Waals surface area contributed by atoms with Crippen LogP contribution in [0.5, 0.6) is 5.75 Å². The first-order chi connectivity index (χ1) is 14.0. The molecule has 3 rings (SSSR count). The first kappa shape index (κ1) is 23.5. The summed E-state index contributed by atoms with van der Waals surface area (Å²) in [5.41, 5.74) is 8.47. The first-order valence-corrected chi connectivity index (χ1v) is 10.1. The van der Waals surface area contributed by atoms with Crippen molar-refractivity contribution in [3.05, 3.63) is 59.7 Å².